The summed E-state index contributed by atoms with van der Waals surface area (Å²) in [5.41, 5.74) is 0.822. The van der Waals surface area contributed by atoms with Gasteiger partial charge in [0.05, 0.1) is 0 Å². The SMILES string of the molecule is Fc1cccc(COc2cc[c-]cc2)c1.[Zn+][Br]. The average molecular weight is 347 g/mol. The minimum absolute atomic E-state index is 0.238. The molecule has 0 radical (unpaired) electrons. The second-order valence-electron chi connectivity index (χ2n) is 3.15. The Morgan fingerprint density at radius 1 is 1.18 bits per heavy atom. The van der Waals surface area contributed by atoms with Gasteiger partial charge in [0.1, 0.15) is 12.4 Å². The summed E-state index contributed by atoms with van der Waals surface area (Å²) in [6.45, 7) is 0.377. The maximum absolute atomic E-state index is 12.8. The van der Waals surface area contributed by atoms with Crippen LogP contribution in [-0.2, 0) is 22.9 Å². The predicted molar refractivity (Wildman–Crippen MR) is 64.9 cm³/mol. The summed E-state index contributed by atoms with van der Waals surface area (Å²) in [6.07, 6.45) is 0. The van der Waals surface area contributed by atoms with Gasteiger partial charge in [-0.25, -0.2) is 4.39 Å². The Hall–Kier alpha value is -0.727. The van der Waals surface area contributed by atoms with Gasteiger partial charge >= 0.3 is 30.0 Å². The first-order chi connectivity index (χ1) is 8.34. The van der Waals surface area contributed by atoms with Crippen LogP contribution in [0.2, 0.25) is 0 Å². The van der Waals surface area contributed by atoms with Crippen molar-refractivity contribution in [1.82, 2.24) is 0 Å². The van der Waals surface area contributed by atoms with Crippen LogP contribution in [0, 0.1) is 11.9 Å². The van der Waals surface area contributed by atoms with Gasteiger partial charge in [-0.05, 0) is 17.7 Å². The van der Waals surface area contributed by atoms with Gasteiger partial charge in [0, 0.05) is 5.75 Å². The molecular weight excluding hydrogens is 336 g/mol. The Kier molecular flexibility index (Phi) is 7.06. The van der Waals surface area contributed by atoms with E-state index < -0.39 is 0 Å². The molecule has 2 rings (SSSR count). The molecule has 0 fully saturated rings. The van der Waals surface area contributed by atoms with Gasteiger partial charge in [-0.1, -0.05) is 12.1 Å². The summed E-state index contributed by atoms with van der Waals surface area (Å²) >= 11 is 4.25. The Morgan fingerprint density at radius 3 is 2.53 bits per heavy atom. The molecule has 0 aliphatic rings. The zero-order valence-corrected chi connectivity index (χ0v) is 13.8. The van der Waals surface area contributed by atoms with Crippen molar-refractivity contribution in [2.75, 3.05) is 0 Å². The normalized spacial score (nSPS) is 9.18. The van der Waals surface area contributed by atoms with Gasteiger partial charge in [0.15, 0.2) is 0 Å². The van der Waals surface area contributed by atoms with E-state index in [2.05, 4.69) is 19.7 Å². The van der Waals surface area contributed by atoms with Gasteiger partial charge in [-0.2, -0.15) is 18.2 Å². The Bertz CT molecular complexity index is 436. The first-order valence-electron chi connectivity index (χ1n) is 4.95. The van der Waals surface area contributed by atoms with Crippen molar-refractivity contribution in [1.29, 1.82) is 0 Å². The second kappa shape index (κ2) is 8.38. The van der Waals surface area contributed by atoms with Gasteiger partial charge in [-0.15, -0.1) is 12.1 Å². The molecule has 84 valence electrons. The fourth-order valence-corrected chi connectivity index (χ4v) is 1.26. The Labute approximate surface area is 117 Å². The van der Waals surface area contributed by atoms with E-state index in [-0.39, 0.29) is 5.82 Å². The van der Waals surface area contributed by atoms with E-state index in [4.69, 9.17) is 4.74 Å². The van der Waals surface area contributed by atoms with Gasteiger partial charge in [0.2, 0.25) is 0 Å². The minimum atomic E-state index is -0.238. The molecule has 0 aromatic heterocycles. The number of halogens is 2. The van der Waals surface area contributed by atoms with Crippen LogP contribution in [0.3, 0.4) is 0 Å². The third-order valence-corrected chi connectivity index (χ3v) is 1.98. The van der Waals surface area contributed by atoms with Crippen LogP contribution in [0.4, 0.5) is 4.39 Å². The quantitative estimate of drug-likeness (QED) is 0.602. The molecule has 0 bridgehead atoms. The van der Waals surface area contributed by atoms with E-state index in [1.54, 1.807) is 18.2 Å². The molecule has 1 nitrogen and oxygen atoms in total. The van der Waals surface area contributed by atoms with E-state index in [1.165, 1.54) is 28.5 Å². The van der Waals surface area contributed by atoms with Gasteiger partial charge < -0.3 is 4.74 Å². The van der Waals surface area contributed by atoms with Gasteiger partial charge in [0.25, 0.3) is 0 Å². The molecule has 0 aliphatic carbocycles. The topological polar surface area (TPSA) is 9.23 Å². The molecule has 0 amide bonds. The molecule has 0 saturated carbocycles. The maximum atomic E-state index is 12.8. The number of benzene rings is 2. The third kappa shape index (κ3) is 5.42. The van der Waals surface area contributed by atoms with E-state index in [1.807, 2.05) is 18.2 Å². The summed E-state index contributed by atoms with van der Waals surface area (Å²) in [6, 6.07) is 16.5. The standard InChI is InChI=1S/C13H10FO.BrH.Zn/c14-12-6-4-5-11(9-12)10-15-13-7-2-1-3-8-13;;/h2-9H,10H2;1H;/q-1;;+2/p-1. The molecular formula is C13H10BrFOZn. The molecule has 0 saturated heterocycles. The first kappa shape index (κ1) is 14.3. The van der Waals surface area contributed by atoms with Crippen molar-refractivity contribution in [2.24, 2.45) is 0 Å². The molecule has 0 spiro atoms. The molecule has 2 aromatic rings. The van der Waals surface area contributed by atoms with Crippen LogP contribution < -0.4 is 4.74 Å². The molecule has 0 N–H and O–H groups in total. The summed E-state index contributed by atoms with van der Waals surface area (Å²) in [5, 5.41) is 0. The van der Waals surface area contributed by atoms with E-state index >= 15 is 0 Å². The Balaban J connectivity index is 0.000000686. The van der Waals surface area contributed by atoms with Crippen LogP contribution in [0.1, 0.15) is 5.56 Å². The summed E-state index contributed by atoms with van der Waals surface area (Å²) in [7, 11) is 0. The van der Waals surface area contributed by atoms with Crippen LogP contribution >= 0.6 is 13.6 Å². The molecule has 0 heterocycles. The fraction of sp³-hybridized carbons (Fsp3) is 0.0769. The van der Waals surface area contributed by atoms with E-state index in [0.29, 0.717) is 6.61 Å². The Morgan fingerprint density at radius 2 is 1.88 bits per heavy atom. The van der Waals surface area contributed by atoms with Crippen molar-refractivity contribution in [2.45, 2.75) is 6.61 Å². The van der Waals surface area contributed by atoms with Crippen molar-refractivity contribution in [3.63, 3.8) is 0 Å². The second-order valence-corrected chi connectivity index (χ2v) is 3.15. The van der Waals surface area contributed by atoms with Crippen LogP contribution in [0.25, 0.3) is 0 Å². The van der Waals surface area contributed by atoms with Crippen LogP contribution in [0.5, 0.6) is 5.75 Å². The molecule has 2 aromatic carbocycles. The summed E-state index contributed by atoms with van der Waals surface area (Å²) in [4.78, 5) is 0. The van der Waals surface area contributed by atoms with Crippen LogP contribution in [-0.4, -0.2) is 0 Å². The van der Waals surface area contributed by atoms with Crippen molar-refractivity contribution in [3.8, 4) is 5.75 Å². The van der Waals surface area contributed by atoms with Crippen molar-refractivity contribution >= 4 is 13.6 Å². The number of hydrogen-bond acceptors (Lipinski definition) is 1. The summed E-state index contributed by atoms with van der Waals surface area (Å²) < 4.78 is 18.3. The van der Waals surface area contributed by atoms with E-state index in [9.17, 15) is 4.39 Å². The van der Waals surface area contributed by atoms with Crippen molar-refractivity contribution in [3.05, 3.63) is 66.0 Å². The zero-order valence-electron chi connectivity index (χ0n) is 9.20. The number of ether oxygens (including phenoxy) is 1. The molecule has 0 aliphatic heterocycles. The first-order valence-corrected chi connectivity index (χ1v) is 11.9. The third-order valence-electron chi connectivity index (χ3n) is 1.98. The van der Waals surface area contributed by atoms with Crippen molar-refractivity contribution < 1.29 is 25.5 Å². The molecule has 0 unspecified atom stereocenters. The number of hydrogen-bond donors (Lipinski definition) is 0. The molecule has 0 atom stereocenters. The summed E-state index contributed by atoms with van der Waals surface area (Å²) in [5.74, 6) is 0.524. The fourth-order valence-electron chi connectivity index (χ4n) is 1.26. The van der Waals surface area contributed by atoms with Gasteiger partial charge in [-0.3, -0.25) is 0 Å². The molecule has 17 heavy (non-hydrogen) atoms. The van der Waals surface area contributed by atoms with E-state index in [0.717, 1.165) is 11.3 Å². The molecule has 4 heteroatoms. The zero-order chi connectivity index (χ0) is 12.5. The average Bonchev–Trinajstić information content (AvgIpc) is 2.40. The van der Waals surface area contributed by atoms with Crippen LogP contribution in [0.15, 0.2) is 48.5 Å². The number of rotatable bonds is 3. The monoisotopic (exact) mass is 344 g/mol. The predicted octanol–water partition coefficient (Wildman–Crippen LogP) is 4.05.